The molecule has 0 heterocycles. The van der Waals surface area contributed by atoms with E-state index >= 15 is 0 Å². The van der Waals surface area contributed by atoms with E-state index in [1.54, 1.807) is 0 Å². The first-order valence-corrected chi connectivity index (χ1v) is 19.5. The van der Waals surface area contributed by atoms with Gasteiger partial charge < -0.3 is 4.90 Å². The fraction of sp³-hybridized carbons (Fsp3) is 0.0741. The molecule has 1 aliphatic rings. The van der Waals surface area contributed by atoms with Crippen LogP contribution < -0.4 is 4.90 Å². The maximum absolute atomic E-state index is 2.46. The number of benzene rings is 8. The van der Waals surface area contributed by atoms with E-state index < -0.39 is 0 Å². The molecule has 0 spiro atoms. The van der Waals surface area contributed by atoms with E-state index in [0.717, 1.165) is 24.1 Å². The zero-order valence-corrected chi connectivity index (χ0v) is 31.0. The van der Waals surface area contributed by atoms with Crippen LogP contribution in [-0.4, -0.2) is 0 Å². The lowest BCUT2D eigenvalue weighted by atomic mass is 9.91. The molecule has 0 radical (unpaired) electrons. The van der Waals surface area contributed by atoms with Gasteiger partial charge in [-0.15, -0.1) is 0 Å². The summed E-state index contributed by atoms with van der Waals surface area (Å²) in [5.41, 5.74) is 16.1. The van der Waals surface area contributed by atoms with Crippen LogP contribution in [0.1, 0.15) is 57.3 Å². The SMILES string of the molecule is C(=C(c1ccccc1)c1ccccc1)c1ccc(N(c2ccc3c(c2)CCCC3)c2ccc(C=C(c3ccccc3)c3ccccc3)c3ccccc23)cc1. The summed E-state index contributed by atoms with van der Waals surface area (Å²) in [6, 6.07) is 72.6. The molecule has 1 heteroatoms. The molecule has 55 heavy (non-hydrogen) atoms. The van der Waals surface area contributed by atoms with Crippen molar-refractivity contribution in [3.05, 3.63) is 245 Å². The minimum Gasteiger partial charge on any atom is -0.310 e. The molecule has 0 bridgehead atoms. The van der Waals surface area contributed by atoms with Crippen LogP contribution in [0.25, 0.3) is 34.1 Å². The van der Waals surface area contributed by atoms with Gasteiger partial charge in [-0.3, -0.25) is 0 Å². The topological polar surface area (TPSA) is 3.24 Å². The Balaban J connectivity index is 1.18. The molecule has 0 atom stereocenters. The Labute approximate surface area is 325 Å². The summed E-state index contributed by atoms with van der Waals surface area (Å²) in [7, 11) is 0. The predicted molar refractivity (Wildman–Crippen MR) is 235 cm³/mol. The Kier molecular flexibility index (Phi) is 9.75. The summed E-state index contributed by atoms with van der Waals surface area (Å²) >= 11 is 0. The minimum atomic E-state index is 1.13. The van der Waals surface area contributed by atoms with Gasteiger partial charge in [0, 0.05) is 16.8 Å². The average molecular weight is 706 g/mol. The van der Waals surface area contributed by atoms with Gasteiger partial charge in [-0.1, -0.05) is 170 Å². The van der Waals surface area contributed by atoms with Crippen LogP contribution in [0.4, 0.5) is 17.1 Å². The van der Waals surface area contributed by atoms with Gasteiger partial charge in [-0.25, -0.2) is 0 Å². The van der Waals surface area contributed by atoms with E-state index in [1.807, 2.05) is 0 Å². The molecular weight excluding hydrogens is 663 g/mol. The number of aryl methyl sites for hydroxylation is 2. The first-order chi connectivity index (χ1) is 27.3. The lowest BCUT2D eigenvalue weighted by Crippen LogP contribution is -2.12. The molecule has 0 aromatic heterocycles. The van der Waals surface area contributed by atoms with Crippen molar-refractivity contribution in [2.24, 2.45) is 0 Å². The summed E-state index contributed by atoms with van der Waals surface area (Å²) in [6.45, 7) is 0. The van der Waals surface area contributed by atoms with Crippen molar-refractivity contribution in [1.82, 2.24) is 0 Å². The fourth-order valence-corrected chi connectivity index (χ4v) is 8.09. The second-order valence-electron chi connectivity index (χ2n) is 14.4. The van der Waals surface area contributed by atoms with Gasteiger partial charge in [0.05, 0.1) is 5.69 Å². The second kappa shape index (κ2) is 15.7. The highest BCUT2D eigenvalue weighted by atomic mass is 15.1. The lowest BCUT2D eigenvalue weighted by Gasteiger charge is -2.29. The molecular formula is C54H43N. The van der Waals surface area contributed by atoms with Crippen LogP contribution in [0.15, 0.2) is 200 Å². The molecule has 1 nitrogen and oxygen atoms in total. The monoisotopic (exact) mass is 705 g/mol. The zero-order valence-electron chi connectivity index (χ0n) is 31.0. The first kappa shape index (κ1) is 34.1. The third kappa shape index (κ3) is 7.30. The Morgan fingerprint density at radius 3 is 1.42 bits per heavy atom. The van der Waals surface area contributed by atoms with Crippen molar-refractivity contribution in [3.63, 3.8) is 0 Å². The van der Waals surface area contributed by atoms with Crippen LogP contribution >= 0.6 is 0 Å². The van der Waals surface area contributed by atoms with E-state index in [9.17, 15) is 0 Å². The molecule has 0 fully saturated rings. The number of rotatable bonds is 9. The van der Waals surface area contributed by atoms with E-state index in [2.05, 4.69) is 217 Å². The van der Waals surface area contributed by atoms with Crippen LogP contribution in [0.5, 0.6) is 0 Å². The third-order valence-electron chi connectivity index (χ3n) is 10.9. The van der Waals surface area contributed by atoms with Gasteiger partial charge in [0.25, 0.3) is 0 Å². The summed E-state index contributed by atoms with van der Waals surface area (Å²) in [5, 5.41) is 2.44. The summed E-state index contributed by atoms with van der Waals surface area (Å²) < 4.78 is 0. The number of nitrogens with zero attached hydrogens (tertiary/aromatic N) is 1. The van der Waals surface area contributed by atoms with Gasteiger partial charge in [0.15, 0.2) is 0 Å². The van der Waals surface area contributed by atoms with Gasteiger partial charge in [0.1, 0.15) is 0 Å². The van der Waals surface area contributed by atoms with Gasteiger partial charge in [0.2, 0.25) is 0 Å². The highest BCUT2D eigenvalue weighted by Crippen LogP contribution is 2.42. The van der Waals surface area contributed by atoms with Crippen LogP contribution in [0.3, 0.4) is 0 Å². The quantitative estimate of drug-likeness (QED) is 0.135. The third-order valence-corrected chi connectivity index (χ3v) is 10.9. The first-order valence-electron chi connectivity index (χ1n) is 19.5. The molecule has 0 aliphatic heterocycles. The number of fused-ring (bicyclic) bond motifs is 2. The lowest BCUT2D eigenvalue weighted by molar-refractivity contribution is 0.685. The van der Waals surface area contributed by atoms with Crippen molar-refractivity contribution in [2.45, 2.75) is 25.7 Å². The van der Waals surface area contributed by atoms with E-state index in [4.69, 9.17) is 0 Å². The standard InChI is InChI=1S/C54H43N/c1-5-18-42(19-6-1)52(43-20-7-2-8-21-43)37-40-29-33-48(34-30-40)55(49-35-31-41-17-13-14-26-46(41)38-49)54-36-32-47(50-27-15-16-28-51(50)54)39-53(44-22-9-3-10-23-44)45-24-11-4-12-25-45/h1-12,15-16,18-25,27-39H,13-14,17,26H2. The molecule has 0 saturated heterocycles. The zero-order chi connectivity index (χ0) is 36.8. The molecule has 0 unspecified atom stereocenters. The van der Waals surface area contributed by atoms with Crippen LogP contribution in [0.2, 0.25) is 0 Å². The summed E-state index contributed by atoms with van der Waals surface area (Å²) in [5.74, 6) is 0. The maximum Gasteiger partial charge on any atom is 0.0540 e. The highest BCUT2D eigenvalue weighted by molar-refractivity contribution is 6.06. The number of hydrogen-bond donors (Lipinski definition) is 0. The van der Waals surface area contributed by atoms with Gasteiger partial charge >= 0.3 is 0 Å². The number of anilines is 3. The normalized spacial score (nSPS) is 12.1. The molecule has 8 aromatic rings. The minimum absolute atomic E-state index is 1.13. The van der Waals surface area contributed by atoms with E-state index in [-0.39, 0.29) is 0 Å². The Bertz CT molecular complexity index is 2520. The average Bonchev–Trinajstić information content (AvgIpc) is 3.27. The van der Waals surface area contributed by atoms with Crippen molar-refractivity contribution >= 4 is 51.1 Å². The number of hydrogen-bond acceptors (Lipinski definition) is 1. The Morgan fingerprint density at radius 2 is 0.855 bits per heavy atom. The van der Waals surface area contributed by atoms with Crippen molar-refractivity contribution < 1.29 is 0 Å². The Hall–Kier alpha value is -6.70. The molecule has 9 rings (SSSR count). The predicted octanol–water partition coefficient (Wildman–Crippen LogP) is 14.4. The van der Waals surface area contributed by atoms with Crippen molar-refractivity contribution in [3.8, 4) is 0 Å². The highest BCUT2D eigenvalue weighted by Gasteiger charge is 2.19. The molecule has 264 valence electrons. The smallest absolute Gasteiger partial charge is 0.0540 e. The van der Waals surface area contributed by atoms with Gasteiger partial charge in [-0.2, -0.15) is 0 Å². The van der Waals surface area contributed by atoms with E-state index in [0.29, 0.717) is 0 Å². The van der Waals surface area contributed by atoms with Crippen LogP contribution in [-0.2, 0) is 12.8 Å². The molecule has 0 saturated carbocycles. The van der Waals surface area contributed by atoms with Crippen molar-refractivity contribution in [1.29, 1.82) is 0 Å². The largest absolute Gasteiger partial charge is 0.310 e. The second-order valence-corrected chi connectivity index (χ2v) is 14.4. The molecule has 1 aliphatic carbocycles. The Morgan fingerprint density at radius 1 is 0.382 bits per heavy atom. The molecule has 0 N–H and O–H groups in total. The summed E-state index contributed by atoms with van der Waals surface area (Å²) in [6.07, 6.45) is 9.49. The van der Waals surface area contributed by atoms with Gasteiger partial charge in [-0.05, 0) is 129 Å². The molecule has 0 amide bonds. The van der Waals surface area contributed by atoms with Crippen molar-refractivity contribution in [2.75, 3.05) is 4.90 Å². The molecule has 8 aromatic carbocycles. The fourth-order valence-electron chi connectivity index (χ4n) is 8.09. The van der Waals surface area contributed by atoms with E-state index in [1.165, 1.54) is 85.1 Å². The summed E-state index contributed by atoms with van der Waals surface area (Å²) in [4.78, 5) is 2.46. The van der Waals surface area contributed by atoms with Crippen LogP contribution in [0, 0.1) is 0 Å². The maximum atomic E-state index is 2.46.